The van der Waals surface area contributed by atoms with Crippen molar-refractivity contribution >= 4 is 17.7 Å². The van der Waals surface area contributed by atoms with E-state index in [1.807, 2.05) is 0 Å². The van der Waals surface area contributed by atoms with Crippen LogP contribution in [0.4, 0.5) is 0 Å². The maximum absolute atomic E-state index is 12.5. The van der Waals surface area contributed by atoms with E-state index in [4.69, 9.17) is 4.74 Å². The fourth-order valence-corrected chi connectivity index (χ4v) is 3.14. The molecule has 6 nitrogen and oxygen atoms in total. The van der Waals surface area contributed by atoms with Crippen molar-refractivity contribution in [3.8, 4) is 0 Å². The number of nitrogens with one attached hydrogen (secondary N) is 1. The molecule has 2 rings (SSSR count). The van der Waals surface area contributed by atoms with Gasteiger partial charge in [-0.25, -0.2) is 0 Å². The molecule has 126 valence electrons. The predicted octanol–water partition coefficient (Wildman–Crippen LogP) is 2.08. The Morgan fingerprint density at radius 3 is 2.52 bits per heavy atom. The second-order valence-corrected chi connectivity index (χ2v) is 6.13. The zero-order valence-corrected chi connectivity index (χ0v) is 13.9. The van der Waals surface area contributed by atoms with Gasteiger partial charge in [0.15, 0.2) is 5.78 Å². The molecule has 1 amide bonds. The SMILES string of the molecule is COC(=O)C1CCCCCC1NC(=O)c1cc(C(C)=O)cn1C. The molecule has 2 unspecified atom stereocenters. The van der Waals surface area contributed by atoms with Crippen LogP contribution in [0, 0.1) is 5.92 Å². The van der Waals surface area contributed by atoms with E-state index in [2.05, 4.69) is 5.32 Å². The molecule has 23 heavy (non-hydrogen) atoms. The fraction of sp³-hybridized carbons (Fsp3) is 0.588. The van der Waals surface area contributed by atoms with Crippen LogP contribution >= 0.6 is 0 Å². The molecule has 6 heteroatoms. The summed E-state index contributed by atoms with van der Waals surface area (Å²) in [6.07, 6.45) is 6.12. The van der Waals surface area contributed by atoms with E-state index in [1.165, 1.54) is 14.0 Å². The van der Waals surface area contributed by atoms with Crippen LogP contribution in [0.5, 0.6) is 0 Å². The van der Waals surface area contributed by atoms with Crippen LogP contribution in [0.1, 0.15) is 59.9 Å². The third-order valence-corrected chi connectivity index (χ3v) is 4.48. The van der Waals surface area contributed by atoms with Crippen molar-refractivity contribution in [1.82, 2.24) is 9.88 Å². The number of esters is 1. The van der Waals surface area contributed by atoms with Crippen LogP contribution in [0.3, 0.4) is 0 Å². The molecule has 1 heterocycles. The number of carbonyl (C=O) groups excluding carboxylic acids is 3. The average molecular weight is 320 g/mol. The first-order chi connectivity index (χ1) is 10.9. The topological polar surface area (TPSA) is 77.4 Å². The number of carbonyl (C=O) groups is 3. The van der Waals surface area contributed by atoms with Crippen LogP contribution in [0.15, 0.2) is 12.3 Å². The zero-order valence-electron chi connectivity index (χ0n) is 13.9. The van der Waals surface area contributed by atoms with Gasteiger partial charge in [0.1, 0.15) is 5.69 Å². The number of amides is 1. The molecule has 0 radical (unpaired) electrons. The number of nitrogens with zero attached hydrogens (tertiary/aromatic N) is 1. The van der Waals surface area contributed by atoms with Crippen LogP contribution in [0.25, 0.3) is 0 Å². The van der Waals surface area contributed by atoms with Gasteiger partial charge in [0.05, 0.1) is 13.0 Å². The zero-order chi connectivity index (χ0) is 17.0. The van der Waals surface area contributed by atoms with Gasteiger partial charge >= 0.3 is 5.97 Å². The third kappa shape index (κ3) is 4.00. The molecule has 0 aliphatic heterocycles. The Morgan fingerprint density at radius 1 is 1.22 bits per heavy atom. The molecule has 0 spiro atoms. The number of Topliss-reactive ketones (excluding diaryl/α,β-unsaturated/α-hetero) is 1. The Labute approximate surface area is 136 Å². The summed E-state index contributed by atoms with van der Waals surface area (Å²) in [6.45, 7) is 1.47. The van der Waals surface area contributed by atoms with Gasteiger partial charge in [-0.15, -0.1) is 0 Å². The summed E-state index contributed by atoms with van der Waals surface area (Å²) in [5.41, 5.74) is 0.922. The summed E-state index contributed by atoms with van der Waals surface area (Å²) in [6, 6.07) is 1.36. The minimum atomic E-state index is -0.306. The van der Waals surface area contributed by atoms with E-state index in [0.29, 0.717) is 11.3 Å². The van der Waals surface area contributed by atoms with Crippen molar-refractivity contribution in [2.75, 3.05) is 7.11 Å². The number of rotatable bonds is 4. The van der Waals surface area contributed by atoms with Gasteiger partial charge in [-0.05, 0) is 25.8 Å². The summed E-state index contributed by atoms with van der Waals surface area (Å²) in [5.74, 6) is -0.921. The molecular formula is C17H24N2O4. The Morgan fingerprint density at radius 2 is 1.91 bits per heavy atom. The summed E-state index contributed by atoms with van der Waals surface area (Å²) < 4.78 is 6.52. The van der Waals surface area contributed by atoms with Gasteiger partial charge in [-0.3, -0.25) is 14.4 Å². The molecule has 1 N–H and O–H groups in total. The smallest absolute Gasteiger partial charge is 0.310 e. The second kappa shape index (κ2) is 7.44. The average Bonchev–Trinajstić information content (AvgIpc) is 2.76. The van der Waals surface area contributed by atoms with Crippen molar-refractivity contribution in [1.29, 1.82) is 0 Å². The van der Waals surface area contributed by atoms with Crippen LogP contribution in [-0.4, -0.2) is 35.4 Å². The van der Waals surface area contributed by atoms with Crippen LogP contribution < -0.4 is 5.32 Å². The van der Waals surface area contributed by atoms with Crippen molar-refractivity contribution in [3.05, 3.63) is 23.5 Å². The highest BCUT2D eigenvalue weighted by atomic mass is 16.5. The van der Waals surface area contributed by atoms with Crippen molar-refractivity contribution in [2.45, 2.75) is 45.1 Å². The van der Waals surface area contributed by atoms with E-state index in [9.17, 15) is 14.4 Å². The fourth-order valence-electron chi connectivity index (χ4n) is 3.14. The lowest BCUT2D eigenvalue weighted by Crippen LogP contribution is -2.43. The van der Waals surface area contributed by atoms with Crippen molar-refractivity contribution in [3.63, 3.8) is 0 Å². The third-order valence-electron chi connectivity index (χ3n) is 4.48. The van der Waals surface area contributed by atoms with Gasteiger partial charge in [0, 0.05) is 24.8 Å². The van der Waals surface area contributed by atoms with Gasteiger partial charge in [-0.1, -0.05) is 19.3 Å². The number of aromatic nitrogens is 1. The Hall–Kier alpha value is -2.11. The Kier molecular flexibility index (Phi) is 5.58. The van der Waals surface area contributed by atoms with E-state index in [0.717, 1.165) is 32.1 Å². The standard InChI is InChI=1S/C17H24N2O4/c1-11(20)12-9-15(19(2)10-12)16(21)18-14-8-6-4-5-7-13(14)17(22)23-3/h9-10,13-14H,4-8H2,1-3H3,(H,18,21). The van der Waals surface area contributed by atoms with Crippen LogP contribution in [-0.2, 0) is 16.6 Å². The highest BCUT2D eigenvalue weighted by Crippen LogP contribution is 2.25. The van der Waals surface area contributed by atoms with Crippen LogP contribution in [0.2, 0.25) is 0 Å². The maximum Gasteiger partial charge on any atom is 0.310 e. The number of hydrogen-bond acceptors (Lipinski definition) is 4. The molecule has 1 fully saturated rings. The van der Waals surface area contributed by atoms with Gasteiger partial charge < -0.3 is 14.6 Å². The lowest BCUT2D eigenvalue weighted by molar-refractivity contribution is -0.146. The summed E-state index contributed by atoms with van der Waals surface area (Å²) >= 11 is 0. The molecule has 1 aromatic rings. The molecule has 0 bridgehead atoms. The monoisotopic (exact) mass is 320 g/mol. The number of ether oxygens (including phenoxy) is 1. The van der Waals surface area contributed by atoms with E-state index >= 15 is 0 Å². The number of hydrogen-bond donors (Lipinski definition) is 1. The van der Waals surface area contributed by atoms with Gasteiger partial charge in [0.2, 0.25) is 0 Å². The molecule has 2 atom stereocenters. The molecular weight excluding hydrogens is 296 g/mol. The largest absolute Gasteiger partial charge is 0.469 e. The number of methoxy groups -OCH3 is 1. The summed E-state index contributed by atoms with van der Waals surface area (Å²) in [7, 11) is 3.11. The molecule has 1 aromatic heterocycles. The predicted molar refractivity (Wildman–Crippen MR) is 85.3 cm³/mol. The minimum Gasteiger partial charge on any atom is -0.469 e. The highest BCUT2D eigenvalue weighted by molar-refractivity contribution is 5.99. The number of aryl methyl sites for hydroxylation is 1. The molecule has 1 saturated carbocycles. The lowest BCUT2D eigenvalue weighted by atomic mass is 9.94. The molecule has 0 aromatic carbocycles. The van der Waals surface area contributed by atoms with Gasteiger partial charge in [-0.2, -0.15) is 0 Å². The Bertz CT molecular complexity index is 606. The lowest BCUT2D eigenvalue weighted by Gasteiger charge is -2.24. The molecule has 1 aliphatic rings. The number of ketones is 1. The quantitative estimate of drug-likeness (QED) is 0.523. The first kappa shape index (κ1) is 17.2. The van der Waals surface area contributed by atoms with E-state index in [1.54, 1.807) is 23.9 Å². The second-order valence-electron chi connectivity index (χ2n) is 6.13. The summed E-state index contributed by atoms with van der Waals surface area (Å²) in [5, 5.41) is 2.96. The highest BCUT2D eigenvalue weighted by Gasteiger charge is 2.32. The first-order valence-electron chi connectivity index (χ1n) is 8.00. The molecule has 0 saturated heterocycles. The first-order valence-corrected chi connectivity index (χ1v) is 8.00. The van der Waals surface area contributed by atoms with E-state index < -0.39 is 0 Å². The minimum absolute atomic E-state index is 0.0819. The molecule has 1 aliphatic carbocycles. The summed E-state index contributed by atoms with van der Waals surface area (Å²) in [4.78, 5) is 36.0. The van der Waals surface area contributed by atoms with Gasteiger partial charge in [0.25, 0.3) is 5.91 Å². The van der Waals surface area contributed by atoms with E-state index in [-0.39, 0.29) is 29.6 Å². The maximum atomic E-state index is 12.5. The Balaban J connectivity index is 2.16. The van der Waals surface area contributed by atoms with Crippen molar-refractivity contribution < 1.29 is 19.1 Å². The van der Waals surface area contributed by atoms with Crippen molar-refractivity contribution in [2.24, 2.45) is 13.0 Å². The normalized spacial score (nSPS) is 21.3.